The van der Waals surface area contributed by atoms with Gasteiger partial charge < -0.3 is 14.9 Å². The van der Waals surface area contributed by atoms with E-state index in [9.17, 15) is 14.4 Å². The van der Waals surface area contributed by atoms with Crippen molar-refractivity contribution < 1.29 is 24.4 Å². The van der Waals surface area contributed by atoms with Crippen molar-refractivity contribution >= 4 is 17.7 Å². The van der Waals surface area contributed by atoms with Crippen LogP contribution in [0, 0.1) is 0 Å². The molecular formula is C17H22N3O4+. The minimum absolute atomic E-state index is 0.134. The number of hydrogen-bond acceptors (Lipinski definition) is 4. The molecule has 2 aliphatic rings. The highest BCUT2D eigenvalue weighted by atomic mass is 16.3. The minimum atomic E-state index is -0.809. The molecule has 0 radical (unpaired) electrons. The van der Waals surface area contributed by atoms with Crippen LogP contribution in [0.2, 0.25) is 0 Å². The summed E-state index contributed by atoms with van der Waals surface area (Å²) in [6, 6.07) is 5.84. The first-order valence-electron chi connectivity index (χ1n) is 8.24. The summed E-state index contributed by atoms with van der Waals surface area (Å²) < 4.78 is 0. The van der Waals surface area contributed by atoms with Crippen LogP contribution in [-0.2, 0) is 4.79 Å². The maximum atomic E-state index is 12.7. The summed E-state index contributed by atoms with van der Waals surface area (Å²) in [5.74, 6) is -1.01. The van der Waals surface area contributed by atoms with Crippen LogP contribution in [0.3, 0.4) is 0 Å². The molecule has 0 unspecified atom stereocenters. The summed E-state index contributed by atoms with van der Waals surface area (Å²) in [5, 5.41) is 8.99. The van der Waals surface area contributed by atoms with Gasteiger partial charge in [0.1, 0.15) is 12.6 Å². The number of piperazine rings is 1. The number of carbonyl (C=O) groups excluding carboxylic acids is 3. The number of imide groups is 1. The molecule has 1 aromatic rings. The number of aliphatic hydroxyl groups excluding tert-OH is 1. The zero-order valence-corrected chi connectivity index (χ0v) is 13.7. The smallest absolute Gasteiger partial charge is 0.262 e. The van der Waals surface area contributed by atoms with E-state index in [1.165, 1.54) is 4.90 Å². The van der Waals surface area contributed by atoms with Crippen molar-refractivity contribution in [3.8, 4) is 0 Å². The number of carbonyl (C=O) groups is 3. The Hall–Kier alpha value is -2.25. The molecular weight excluding hydrogens is 310 g/mol. The van der Waals surface area contributed by atoms with Crippen molar-refractivity contribution in [2.75, 3.05) is 39.3 Å². The number of nitrogens with zero attached hydrogens (tertiary/aromatic N) is 2. The number of nitrogens with one attached hydrogen (secondary N) is 1. The van der Waals surface area contributed by atoms with Gasteiger partial charge in [-0.25, -0.2) is 0 Å². The Morgan fingerprint density at radius 2 is 1.71 bits per heavy atom. The maximum Gasteiger partial charge on any atom is 0.262 e. The molecule has 1 saturated heterocycles. The van der Waals surface area contributed by atoms with E-state index in [1.54, 1.807) is 36.1 Å². The van der Waals surface area contributed by atoms with E-state index in [2.05, 4.69) is 0 Å². The lowest BCUT2D eigenvalue weighted by Gasteiger charge is -2.34. The summed E-state index contributed by atoms with van der Waals surface area (Å²) in [7, 11) is 0. The number of quaternary nitrogens is 1. The van der Waals surface area contributed by atoms with Gasteiger partial charge in [0.2, 0.25) is 5.91 Å². The Balaban J connectivity index is 1.69. The highest BCUT2D eigenvalue weighted by molar-refractivity contribution is 6.22. The molecule has 3 rings (SSSR count). The second-order valence-corrected chi connectivity index (χ2v) is 6.25. The molecule has 24 heavy (non-hydrogen) atoms. The average Bonchev–Trinajstić information content (AvgIpc) is 2.86. The average molecular weight is 332 g/mol. The number of amides is 3. The largest absolute Gasteiger partial charge is 0.391 e. The van der Waals surface area contributed by atoms with Gasteiger partial charge in [0.15, 0.2) is 0 Å². The lowest BCUT2D eigenvalue weighted by molar-refractivity contribution is -0.904. The van der Waals surface area contributed by atoms with Gasteiger partial charge in [-0.05, 0) is 19.1 Å². The van der Waals surface area contributed by atoms with E-state index in [4.69, 9.17) is 5.11 Å². The summed E-state index contributed by atoms with van der Waals surface area (Å²) in [6.07, 6.45) is 0. The van der Waals surface area contributed by atoms with Gasteiger partial charge in [-0.15, -0.1) is 0 Å². The Morgan fingerprint density at radius 3 is 2.21 bits per heavy atom. The van der Waals surface area contributed by atoms with Crippen molar-refractivity contribution in [1.29, 1.82) is 0 Å². The van der Waals surface area contributed by atoms with Gasteiger partial charge in [0.05, 0.1) is 43.9 Å². The highest BCUT2D eigenvalue weighted by Crippen LogP contribution is 2.25. The minimum Gasteiger partial charge on any atom is -0.391 e. The van der Waals surface area contributed by atoms with E-state index >= 15 is 0 Å². The molecule has 1 fully saturated rings. The van der Waals surface area contributed by atoms with Gasteiger partial charge in [0.25, 0.3) is 11.8 Å². The van der Waals surface area contributed by atoms with E-state index in [0.717, 1.165) is 18.0 Å². The summed E-state index contributed by atoms with van der Waals surface area (Å²) in [6.45, 7) is 5.09. The fraction of sp³-hybridized carbons (Fsp3) is 0.471. The van der Waals surface area contributed by atoms with Crippen LogP contribution in [0.15, 0.2) is 24.3 Å². The fourth-order valence-electron chi connectivity index (χ4n) is 3.39. The Morgan fingerprint density at radius 1 is 1.17 bits per heavy atom. The van der Waals surface area contributed by atoms with Gasteiger partial charge in [-0.1, -0.05) is 12.1 Å². The standard InChI is InChI=1S/C17H21N3O4/c1-12(15(22)19-8-6-18(7-9-19)10-11-21)20-16(23)13-4-2-3-5-14(13)17(20)24/h2-5,12,21H,6-11H2,1H3/p+1/t12-/m1/s1. The zero-order chi connectivity index (χ0) is 17.3. The molecule has 1 atom stereocenters. The molecule has 0 aromatic heterocycles. The van der Waals surface area contributed by atoms with Gasteiger partial charge in [-0.3, -0.25) is 19.3 Å². The van der Waals surface area contributed by atoms with Crippen molar-refractivity contribution in [1.82, 2.24) is 9.80 Å². The lowest BCUT2D eigenvalue weighted by Crippen LogP contribution is -3.15. The molecule has 1 aromatic carbocycles. The monoisotopic (exact) mass is 332 g/mol. The Labute approximate surface area is 140 Å². The van der Waals surface area contributed by atoms with E-state index in [0.29, 0.717) is 30.8 Å². The van der Waals surface area contributed by atoms with Crippen molar-refractivity contribution in [3.63, 3.8) is 0 Å². The second kappa shape index (κ2) is 6.70. The third-order valence-electron chi connectivity index (χ3n) is 4.82. The Kier molecular flexibility index (Phi) is 4.64. The molecule has 7 nitrogen and oxygen atoms in total. The summed E-state index contributed by atoms with van der Waals surface area (Å²) in [5.41, 5.74) is 0.721. The highest BCUT2D eigenvalue weighted by Gasteiger charge is 2.42. The first-order valence-corrected chi connectivity index (χ1v) is 8.24. The summed E-state index contributed by atoms with van der Waals surface area (Å²) in [4.78, 5) is 41.7. The molecule has 0 saturated carbocycles. The van der Waals surface area contributed by atoms with E-state index in [1.807, 2.05) is 0 Å². The third kappa shape index (κ3) is 2.81. The lowest BCUT2D eigenvalue weighted by atomic mass is 10.1. The van der Waals surface area contributed by atoms with Crippen LogP contribution in [0.25, 0.3) is 0 Å². The number of fused-ring (bicyclic) bond motifs is 1. The number of benzene rings is 1. The number of hydrogen-bond donors (Lipinski definition) is 2. The molecule has 2 aliphatic heterocycles. The number of aliphatic hydroxyl groups is 1. The van der Waals surface area contributed by atoms with Crippen LogP contribution >= 0.6 is 0 Å². The normalized spacial score (nSPS) is 19.6. The molecule has 3 amide bonds. The molecule has 2 heterocycles. The number of rotatable bonds is 4. The van der Waals surface area contributed by atoms with Crippen LogP contribution in [0.1, 0.15) is 27.6 Å². The quantitative estimate of drug-likeness (QED) is 0.650. The van der Waals surface area contributed by atoms with E-state index < -0.39 is 17.9 Å². The second-order valence-electron chi connectivity index (χ2n) is 6.25. The summed E-state index contributed by atoms with van der Waals surface area (Å²) >= 11 is 0. The molecule has 0 bridgehead atoms. The Bertz CT molecular complexity index is 633. The first kappa shape index (κ1) is 16.6. The predicted molar refractivity (Wildman–Crippen MR) is 85.6 cm³/mol. The predicted octanol–water partition coefficient (Wildman–Crippen LogP) is -1.61. The SMILES string of the molecule is C[C@H](C(=O)N1CC[NH+](CCO)CC1)N1C(=O)c2ccccc2C1=O. The van der Waals surface area contributed by atoms with Crippen LogP contribution in [0.5, 0.6) is 0 Å². The van der Waals surface area contributed by atoms with Crippen LogP contribution in [-0.4, -0.2) is 78.0 Å². The molecule has 2 N–H and O–H groups in total. The van der Waals surface area contributed by atoms with Crippen molar-refractivity contribution in [3.05, 3.63) is 35.4 Å². The molecule has 0 spiro atoms. The topological polar surface area (TPSA) is 82.4 Å². The molecule has 128 valence electrons. The van der Waals surface area contributed by atoms with Crippen LogP contribution in [0.4, 0.5) is 0 Å². The van der Waals surface area contributed by atoms with Crippen molar-refractivity contribution in [2.24, 2.45) is 0 Å². The first-order chi connectivity index (χ1) is 11.5. The van der Waals surface area contributed by atoms with Gasteiger partial charge in [-0.2, -0.15) is 0 Å². The van der Waals surface area contributed by atoms with Crippen LogP contribution < -0.4 is 4.90 Å². The molecule has 7 heteroatoms. The zero-order valence-electron chi connectivity index (χ0n) is 13.7. The third-order valence-corrected chi connectivity index (χ3v) is 4.82. The fourth-order valence-corrected chi connectivity index (χ4v) is 3.39. The maximum absolute atomic E-state index is 12.7. The molecule has 0 aliphatic carbocycles. The van der Waals surface area contributed by atoms with E-state index in [-0.39, 0.29) is 12.5 Å². The van der Waals surface area contributed by atoms with Gasteiger partial charge >= 0.3 is 0 Å². The van der Waals surface area contributed by atoms with Crippen molar-refractivity contribution in [2.45, 2.75) is 13.0 Å². The van der Waals surface area contributed by atoms with Gasteiger partial charge in [0, 0.05) is 0 Å².